The van der Waals surface area contributed by atoms with Gasteiger partial charge >= 0.3 is 5.97 Å². The highest BCUT2D eigenvalue weighted by Crippen LogP contribution is 2.27. The van der Waals surface area contributed by atoms with Crippen molar-refractivity contribution in [1.29, 1.82) is 0 Å². The zero-order chi connectivity index (χ0) is 14.7. The zero-order valence-electron chi connectivity index (χ0n) is 10.6. The van der Waals surface area contributed by atoms with Gasteiger partial charge in [-0.1, -0.05) is 12.1 Å². The predicted molar refractivity (Wildman–Crippen MR) is 72.5 cm³/mol. The van der Waals surface area contributed by atoms with Gasteiger partial charge in [0.1, 0.15) is 5.82 Å². The Hall–Kier alpha value is -1.76. The molecule has 1 atom stereocenters. The van der Waals surface area contributed by atoms with Crippen LogP contribution in [0.2, 0.25) is 0 Å². The summed E-state index contributed by atoms with van der Waals surface area (Å²) in [6, 6.07) is 4.18. The van der Waals surface area contributed by atoms with Crippen LogP contribution in [-0.4, -0.2) is 21.2 Å². The highest BCUT2D eigenvalue weighted by Gasteiger charge is 2.16. The van der Waals surface area contributed by atoms with Crippen LogP contribution < -0.4 is 0 Å². The third-order valence-electron chi connectivity index (χ3n) is 2.69. The molecule has 0 spiro atoms. The molecule has 1 N–H and O–H groups in total. The van der Waals surface area contributed by atoms with Gasteiger partial charge in [0.25, 0.3) is 0 Å². The predicted octanol–water partition coefficient (Wildman–Crippen LogP) is 3.29. The Labute approximate surface area is 122 Å². The Bertz CT molecular complexity index is 630. The first kappa shape index (κ1) is 14.6. The lowest BCUT2D eigenvalue weighted by Crippen LogP contribution is -2.07. The van der Waals surface area contributed by atoms with E-state index in [0.29, 0.717) is 28.2 Å². The number of rotatable bonds is 5. The summed E-state index contributed by atoms with van der Waals surface area (Å²) < 4.78 is 18.6. The second kappa shape index (κ2) is 6.13. The lowest BCUT2D eigenvalue weighted by atomic mass is 10.0. The van der Waals surface area contributed by atoms with Crippen LogP contribution in [0.4, 0.5) is 4.39 Å². The van der Waals surface area contributed by atoms with Gasteiger partial charge in [-0.3, -0.25) is 4.79 Å². The zero-order valence-corrected chi connectivity index (χ0v) is 12.2. The smallest absolute Gasteiger partial charge is 0.303 e. The minimum atomic E-state index is -0.862. The van der Waals surface area contributed by atoms with E-state index < -0.39 is 5.97 Å². The molecule has 2 aromatic rings. The molecule has 20 heavy (non-hydrogen) atoms. The maximum Gasteiger partial charge on any atom is 0.303 e. The van der Waals surface area contributed by atoms with Gasteiger partial charge < -0.3 is 9.63 Å². The van der Waals surface area contributed by atoms with Gasteiger partial charge in [0.15, 0.2) is 0 Å². The molecule has 0 saturated carbocycles. The molecule has 0 saturated heterocycles. The van der Waals surface area contributed by atoms with E-state index in [9.17, 15) is 9.18 Å². The first-order valence-electron chi connectivity index (χ1n) is 5.95. The van der Waals surface area contributed by atoms with Crippen LogP contribution in [0.25, 0.3) is 11.4 Å². The third kappa shape index (κ3) is 3.63. The molecule has 0 aliphatic rings. The van der Waals surface area contributed by atoms with Gasteiger partial charge in [-0.2, -0.15) is 4.98 Å². The fraction of sp³-hybridized carbons (Fsp3) is 0.308. The molecular formula is C13H12BrFN2O3. The molecule has 0 amide bonds. The van der Waals surface area contributed by atoms with Crippen molar-refractivity contribution < 1.29 is 18.8 Å². The van der Waals surface area contributed by atoms with Crippen molar-refractivity contribution in [3.8, 4) is 11.4 Å². The lowest BCUT2D eigenvalue weighted by molar-refractivity contribution is -0.137. The topological polar surface area (TPSA) is 76.2 Å². The van der Waals surface area contributed by atoms with E-state index in [-0.39, 0.29) is 18.2 Å². The number of hydrogen-bond acceptors (Lipinski definition) is 4. The maximum atomic E-state index is 13.0. The molecular weight excluding hydrogens is 331 g/mol. The Morgan fingerprint density at radius 1 is 1.55 bits per heavy atom. The summed E-state index contributed by atoms with van der Waals surface area (Å²) in [5, 5.41) is 12.5. The number of aliphatic carboxylic acids is 1. The van der Waals surface area contributed by atoms with Crippen LogP contribution in [0.5, 0.6) is 0 Å². The summed E-state index contributed by atoms with van der Waals surface area (Å²) in [5.41, 5.74) is 0.618. The van der Waals surface area contributed by atoms with Crippen molar-refractivity contribution in [2.24, 2.45) is 5.92 Å². The number of halogens is 2. The Morgan fingerprint density at radius 3 is 2.95 bits per heavy atom. The summed E-state index contributed by atoms with van der Waals surface area (Å²) in [4.78, 5) is 14.8. The Kier molecular flexibility index (Phi) is 4.49. The van der Waals surface area contributed by atoms with Crippen LogP contribution in [0.3, 0.4) is 0 Å². The molecule has 0 radical (unpaired) electrons. The molecule has 1 aromatic carbocycles. The fourth-order valence-electron chi connectivity index (χ4n) is 1.79. The average Bonchev–Trinajstić information content (AvgIpc) is 2.75. The monoisotopic (exact) mass is 342 g/mol. The summed E-state index contributed by atoms with van der Waals surface area (Å²) >= 11 is 3.24. The molecule has 2 rings (SSSR count). The molecule has 0 fully saturated rings. The number of carboxylic acids is 1. The number of hydrogen-bond donors (Lipinski definition) is 1. The third-order valence-corrected chi connectivity index (χ3v) is 3.34. The molecule has 106 valence electrons. The Balaban J connectivity index is 2.14. The largest absolute Gasteiger partial charge is 0.481 e. The summed E-state index contributed by atoms with van der Waals surface area (Å²) in [5.74, 6) is -0.616. The van der Waals surface area contributed by atoms with Gasteiger partial charge in [-0.25, -0.2) is 4.39 Å². The standard InChI is InChI=1S/C13H12BrFN2O3/c1-7(5-12(18)19)4-11-16-13(17-20-11)9-3-2-8(15)6-10(9)14/h2-3,6-7H,4-5H2,1H3,(H,18,19). The number of nitrogens with zero attached hydrogens (tertiary/aromatic N) is 2. The summed E-state index contributed by atoms with van der Waals surface area (Å²) in [6.45, 7) is 1.80. The van der Waals surface area contributed by atoms with Crippen molar-refractivity contribution in [2.75, 3.05) is 0 Å². The van der Waals surface area contributed by atoms with Crippen molar-refractivity contribution in [2.45, 2.75) is 19.8 Å². The lowest BCUT2D eigenvalue weighted by Gasteiger charge is -2.03. The van der Waals surface area contributed by atoms with E-state index in [1.165, 1.54) is 12.1 Å². The van der Waals surface area contributed by atoms with Gasteiger partial charge in [0, 0.05) is 22.9 Å². The molecule has 1 unspecified atom stereocenters. The van der Waals surface area contributed by atoms with Crippen LogP contribution in [0.1, 0.15) is 19.2 Å². The van der Waals surface area contributed by atoms with Gasteiger partial charge in [-0.05, 0) is 40.0 Å². The van der Waals surface area contributed by atoms with E-state index in [0.717, 1.165) is 0 Å². The van der Waals surface area contributed by atoms with Crippen molar-refractivity contribution in [3.05, 3.63) is 34.4 Å². The number of aromatic nitrogens is 2. The fourth-order valence-corrected chi connectivity index (χ4v) is 2.31. The van der Waals surface area contributed by atoms with Crippen molar-refractivity contribution in [3.63, 3.8) is 0 Å². The molecule has 0 aliphatic carbocycles. The first-order valence-corrected chi connectivity index (χ1v) is 6.75. The van der Waals surface area contributed by atoms with Crippen molar-refractivity contribution in [1.82, 2.24) is 10.1 Å². The van der Waals surface area contributed by atoms with Crippen LogP contribution in [0, 0.1) is 11.7 Å². The summed E-state index contributed by atoms with van der Waals surface area (Å²) in [6.07, 6.45) is 0.427. The number of carboxylic acid groups (broad SMARTS) is 1. The Morgan fingerprint density at radius 2 is 2.30 bits per heavy atom. The van der Waals surface area contributed by atoms with Crippen LogP contribution in [0.15, 0.2) is 27.2 Å². The molecule has 5 nitrogen and oxygen atoms in total. The van der Waals surface area contributed by atoms with E-state index in [1.54, 1.807) is 13.0 Å². The minimum absolute atomic E-state index is 0.0396. The van der Waals surface area contributed by atoms with E-state index in [1.807, 2.05) is 0 Å². The van der Waals surface area contributed by atoms with Crippen LogP contribution >= 0.6 is 15.9 Å². The molecule has 7 heteroatoms. The highest BCUT2D eigenvalue weighted by molar-refractivity contribution is 9.10. The average molecular weight is 343 g/mol. The molecule has 1 heterocycles. The summed E-state index contributed by atoms with van der Waals surface area (Å²) in [7, 11) is 0. The number of benzene rings is 1. The number of carbonyl (C=O) groups is 1. The molecule has 0 aliphatic heterocycles. The molecule has 0 bridgehead atoms. The van der Waals surface area contributed by atoms with Gasteiger partial charge in [0.05, 0.1) is 0 Å². The van der Waals surface area contributed by atoms with E-state index in [4.69, 9.17) is 9.63 Å². The van der Waals surface area contributed by atoms with E-state index in [2.05, 4.69) is 26.1 Å². The highest BCUT2D eigenvalue weighted by atomic mass is 79.9. The van der Waals surface area contributed by atoms with Gasteiger partial charge in [0.2, 0.25) is 11.7 Å². The van der Waals surface area contributed by atoms with E-state index >= 15 is 0 Å². The SMILES string of the molecule is CC(CC(=O)O)Cc1nc(-c2ccc(F)cc2Br)no1. The maximum absolute atomic E-state index is 13.0. The quantitative estimate of drug-likeness (QED) is 0.902. The molecule has 1 aromatic heterocycles. The second-order valence-electron chi connectivity index (χ2n) is 4.54. The van der Waals surface area contributed by atoms with Crippen molar-refractivity contribution >= 4 is 21.9 Å². The second-order valence-corrected chi connectivity index (χ2v) is 5.40. The normalized spacial score (nSPS) is 12.3. The van der Waals surface area contributed by atoms with Crippen LogP contribution in [-0.2, 0) is 11.2 Å². The first-order chi connectivity index (χ1) is 9.45. The minimum Gasteiger partial charge on any atom is -0.481 e. The van der Waals surface area contributed by atoms with Gasteiger partial charge in [-0.15, -0.1) is 0 Å².